The molecule has 0 aromatic rings. The van der Waals surface area contributed by atoms with Crippen molar-refractivity contribution in [2.45, 2.75) is 60.8 Å². The molecule has 0 aromatic carbocycles. The van der Waals surface area contributed by atoms with E-state index in [0.29, 0.717) is 5.92 Å². The molecule has 0 heteroatoms. The van der Waals surface area contributed by atoms with Crippen LogP contribution in [0.3, 0.4) is 0 Å². The molecule has 102 valence electrons. The second-order valence-electron chi connectivity index (χ2n) is 5.72. The van der Waals surface area contributed by atoms with Gasteiger partial charge in [-0.2, -0.15) is 0 Å². The molecule has 0 aliphatic carbocycles. The van der Waals surface area contributed by atoms with Gasteiger partial charge in [0.1, 0.15) is 0 Å². The van der Waals surface area contributed by atoms with Crippen LogP contribution in [-0.2, 0) is 0 Å². The van der Waals surface area contributed by atoms with E-state index in [2.05, 4.69) is 60.8 Å². The minimum atomic E-state index is 0.625. The van der Waals surface area contributed by atoms with Gasteiger partial charge in [0.25, 0.3) is 0 Å². The first-order valence-corrected chi connectivity index (χ1v) is 6.89. The molecule has 0 spiro atoms. The Kier molecular flexibility index (Phi) is 7.66. The molecule has 0 aromatic heterocycles. The molecule has 1 atom stereocenters. The van der Waals surface area contributed by atoms with Crippen LogP contribution >= 0.6 is 0 Å². The summed E-state index contributed by atoms with van der Waals surface area (Å²) in [6.45, 7) is 21.1. The van der Waals surface area contributed by atoms with E-state index in [1.54, 1.807) is 0 Å². The Morgan fingerprint density at radius 1 is 1.00 bits per heavy atom. The van der Waals surface area contributed by atoms with E-state index in [9.17, 15) is 0 Å². The fourth-order valence-electron chi connectivity index (χ4n) is 1.55. The first-order chi connectivity index (χ1) is 8.25. The Bertz CT molecular complexity index is 363. The maximum Gasteiger partial charge on any atom is -0.0133 e. The van der Waals surface area contributed by atoms with Gasteiger partial charge >= 0.3 is 0 Å². The van der Waals surface area contributed by atoms with Crippen molar-refractivity contribution >= 4 is 0 Å². The van der Waals surface area contributed by atoms with Crippen molar-refractivity contribution in [3.05, 3.63) is 47.1 Å². The van der Waals surface area contributed by atoms with Gasteiger partial charge in [-0.1, -0.05) is 54.0 Å². The zero-order valence-electron chi connectivity index (χ0n) is 13.2. The predicted octanol–water partition coefficient (Wildman–Crippen LogP) is 6.23. The van der Waals surface area contributed by atoms with Crippen molar-refractivity contribution in [2.75, 3.05) is 0 Å². The van der Waals surface area contributed by atoms with Crippen molar-refractivity contribution in [2.24, 2.45) is 5.92 Å². The fourth-order valence-corrected chi connectivity index (χ4v) is 1.55. The van der Waals surface area contributed by atoms with Crippen molar-refractivity contribution in [1.82, 2.24) is 0 Å². The van der Waals surface area contributed by atoms with Crippen LogP contribution in [0.5, 0.6) is 0 Å². The normalized spacial score (nSPS) is 15.1. The lowest BCUT2D eigenvalue weighted by molar-refractivity contribution is 0.610. The summed E-state index contributed by atoms with van der Waals surface area (Å²) in [6.07, 6.45) is 5.72. The minimum absolute atomic E-state index is 0.625. The molecule has 0 fully saturated rings. The molecule has 18 heavy (non-hydrogen) atoms. The minimum Gasteiger partial charge on any atom is -0.0999 e. The van der Waals surface area contributed by atoms with Gasteiger partial charge in [-0.25, -0.2) is 0 Å². The second kappa shape index (κ2) is 8.13. The van der Waals surface area contributed by atoms with Gasteiger partial charge in [0, 0.05) is 0 Å². The second-order valence-corrected chi connectivity index (χ2v) is 5.72. The molecule has 0 heterocycles. The summed E-state index contributed by atoms with van der Waals surface area (Å²) < 4.78 is 0. The smallest absolute Gasteiger partial charge is 0.0133 e. The van der Waals surface area contributed by atoms with Crippen LogP contribution in [0, 0.1) is 5.92 Å². The van der Waals surface area contributed by atoms with E-state index in [4.69, 9.17) is 0 Å². The van der Waals surface area contributed by atoms with E-state index in [-0.39, 0.29) is 0 Å². The Hall–Kier alpha value is -1.04. The lowest BCUT2D eigenvalue weighted by atomic mass is 9.94. The monoisotopic (exact) mass is 246 g/mol. The predicted molar refractivity (Wildman–Crippen MR) is 84.8 cm³/mol. The van der Waals surface area contributed by atoms with Crippen molar-refractivity contribution < 1.29 is 0 Å². The molecule has 0 bridgehead atoms. The number of hydrogen-bond donors (Lipinski definition) is 0. The summed E-state index contributed by atoms with van der Waals surface area (Å²) in [4.78, 5) is 0. The van der Waals surface area contributed by atoms with Crippen molar-refractivity contribution in [1.29, 1.82) is 0 Å². The molecule has 0 N–H and O–H groups in total. The maximum absolute atomic E-state index is 4.02. The molecule has 0 radical (unpaired) electrons. The van der Waals surface area contributed by atoms with Gasteiger partial charge in [0.15, 0.2) is 0 Å². The highest BCUT2D eigenvalue weighted by atomic mass is 14.1. The maximum atomic E-state index is 4.02. The van der Waals surface area contributed by atoms with Crippen LogP contribution in [0.1, 0.15) is 60.8 Å². The molecule has 0 saturated carbocycles. The van der Waals surface area contributed by atoms with Gasteiger partial charge in [-0.3, -0.25) is 0 Å². The van der Waals surface area contributed by atoms with Crippen LogP contribution in [0.2, 0.25) is 0 Å². The molecule has 1 unspecified atom stereocenters. The van der Waals surface area contributed by atoms with Gasteiger partial charge in [0.05, 0.1) is 0 Å². The number of hydrogen-bond acceptors (Lipinski definition) is 0. The third-order valence-electron chi connectivity index (χ3n) is 3.91. The lowest BCUT2D eigenvalue weighted by Crippen LogP contribution is -1.96. The molecule has 0 nitrogen and oxygen atoms in total. The van der Waals surface area contributed by atoms with Crippen LogP contribution in [0.25, 0.3) is 0 Å². The van der Waals surface area contributed by atoms with Crippen molar-refractivity contribution in [3.63, 3.8) is 0 Å². The lowest BCUT2D eigenvalue weighted by Gasteiger charge is -2.12. The highest BCUT2D eigenvalue weighted by molar-refractivity contribution is 5.26. The Morgan fingerprint density at radius 2 is 1.56 bits per heavy atom. The number of rotatable bonds is 7. The van der Waals surface area contributed by atoms with Crippen LogP contribution in [0.15, 0.2) is 47.1 Å². The standard InChI is InChI=1S/C18H30/c1-13(2)15(5)9-11-17(7)18(8)12-10-16(6)14(3)4/h9,16H,1,3,10-12H2,2,4-8H3. The Morgan fingerprint density at radius 3 is 2.00 bits per heavy atom. The van der Waals surface area contributed by atoms with E-state index in [1.165, 1.54) is 35.1 Å². The highest BCUT2D eigenvalue weighted by Crippen LogP contribution is 2.21. The first-order valence-electron chi connectivity index (χ1n) is 6.89. The molecule has 0 rings (SSSR count). The van der Waals surface area contributed by atoms with E-state index < -0.39 is 0 Å². The Balaban J connectivity index is 4.40. The third-order valence-corrected chi connectivity index (χ3v) is 3.91. The number of allylic oxidation sites excluding steroid dienone is 6. The average Bonchev–Trinajstić information content (AvgIpc) is 2.31. The molecular formula is C18H30. The summed E-state index contributed by atoms with van der Waals surface area (Å²) in [7, 11) is 0. The van der Waals surface area contributed by atoms with Gasteiger partial charge in [-0.15, -0.1) is 0 Å². The van der Waals surface area contributed by atoms with Gasteiger partial charge in [0.2, 0.25) is 0 Å². The molecule has 0 saturated heterocycles. The quantitative estimate of drug-likeness (QED) is 0.369. The fraction of sp³-hybridized carbons (Fsp3) is 0.556. The summed E-state index contributed by atoms with van der Waals surface area (Å²) in [5.41, 5.74) is 6.77. The Labute approximate surface area is 114 Å². The van der Waals surface area contributed by atoms with Crippen LogP contribution in [0.4, 0.5) is 0 Å². The zero-order valence-corrected chi connectivity index (χ0v) is 13.2. The first kappa shape index (κ1) is 17.0. The summed E-state index contributed by atoms with van der Waals surface area (Å²) in [5, 5.41) is 0. The van der Waals surface area contributed by atoms with E-state index >= 15 is 0 Å². The molecule has 0 aliphatic rings. The summed E-state index contributed by atoms with van der Waals surface area (Å²) >= 11 is 0. The van der Waals surface area contributed by atoms with Crippen LogP contribution < -0.4 is 0 Å². The van der Waals surface area contributed by atoms with Gasteiger partial charge in [-0.05, 0) is 59.8 Å². The molecule has 0 amide bonds. The van der Waals surface area contributed by atoms with Crippen molar-refractivity contribution in [3.8, 4) is 0 Å². The molecule has 0 aliphatic heterocycles. The summed E-state index contributed by atoms with van der Waals surface area (Å²) in [6, 6.07) is 0. The van der Waals surface area contributed by atoms with Crippen LogP contribution in [-0.4, -0.2) is 0 Å². The average molecular weight is 246 g/mol. The summed E-state index contributed by atoms with van der Waals surface area (Å²) in [5.74, 6) is 0.625. The largest absolute Gasteiger partial charge is 0.0999 e. The third kappa shape index (κ3) is 6.64. The van der Waals surface area contributed by atoms with Gasteiger partial charge < -0.3 is 0 Å². The SMILES string of the molecule is C=C(C)C(C)=CCC(C)=C(C)CCC(C)C(=C)C. The topological polar surface area (TPSA) is 0 Å². The van der Waals surface area contributed by atoms with E-state index in [0.717, 1.165) is 12.0 Å². The highest BCUT2D eigenvalue weighted by Gasteiger charge is 2.04. The zero-order chi connectivity index (χ0) is 14.3. The van der Waals surface area contributed by atoms with E-state index in [1.807, 2.05) is 0 Å². The molecular weight excluding hydrogens is 216 g/mol.